The molecule has 4 amide bonds. The van der Waals surface area contributed by atoms with Crippen LogP contribution in [-0.4, -0.2) is 71.1 Å². The highest BCUT2D eigenvalue weighted by molar-refractivity contribution is 6.38. The molecule has 49 heavy (non-hydrogen) atoms. The van der Waals surface area contributed by atoms with Gasteiger partial charge in [-0.1, -0.05) is 77.1 Å². The van der Waals surface area contributed by atoms with Crippen molar-refractivity contribution in [2.24, 2.45) is 17.3 Å². The van der Waals surface area contributed by atoms with Crippen LogP contribution in [0.25, 0.3) is 5.70 Å². The molecule has 1 spiro atoms. The summed E-state index contributed by atoms with van der Waals surface area (Å²) in [7, 11) is 0. The number of carbonyl (C=O) groups excluding carboxylic acids is 5. The minimum Gasteiger partial charge on any atom is -0.349 e. The highest BCUT2D eigenvalue weighted by Crippen LogP contribution is 2.39. The smallest absolute Gasteiger partial charge is 0.289 e. The lowest BCUT2D eigenvalue weighted by molar-refractivity contribution is -0.145. The topological polar surface area (TPSA) is 146 Å². The molecule has 12 heteroatoms. The average molecular weight is 698 g/mol. The SMILES string of the molecule is CCC[C@H](NC(=O)[C@@H]1C[C@]2(C=C(c3cccc(Cl)c3)NO2)CN1C(=O)[C@@H](NC(=O)CC1CCCCC1)C(C)(C)C)C(=O)C(=O)NCC1CC1. The molecular formula is C37H52ClN5O6. The van der Waals surface area contributed by atoms with E-state index in [1.165, 1.54) is 11.3 Å². The monoisotopic (exact) mass is 697 g/mol. The number of hydroxylamine groups is 1. The number of carbonyl (C=O) groups is 5. The predicted octanol–water partition coefficient (Wildman–Crippen LogP) is 4.44. The molecule has 4 aliphatic rings. The number of hydrogen-bond acceptors (Lipinski definition) is 7. The second-order valence-corrected chi connectivity index (χ2v) is 15.9. The van der Waals surface area contributed by atoms with Crippen LogP contribution in [0.15, 0.2) is 30.3 Å². The summed E-state index contributed by atoms with van der Waals surface area (Å²) >= 11 is 6.25. The maximum Gasteiger partial charge on any atom is 0.289 e. The summed E-state index contributed by atoms with van der Waals surface area (Å²) in [6.07, 6.45) is 10.6. The second kappa shape index (κ2) is 15.6. The van der Waals surface area contributed by atoms with Gasteiger partial charge < -0.3 is 20.9 Å². The van der Waals surface area contributed by atoms with E-state index in [4.69, 9.17) is 16.4 Å². The van der Waals surface area contributed by atoms with E-state index in [9.17, 15) is 24.0 Å². The summed E-state index contributed by atoms with van der Waals surface area (Å²) in [5, 5.41) is 9.09. The fourth-order valence-corrected chi connectivity index (χ4v) is 7.33. The molecule has 1 aromatic carbocycles. The highest BCUT2D eigenvalue weighted by Gasteiger charge is 2.54. The van der Waals surface area contributed by atoms with Crippen LogP contribution in [-0.2, 0) is 28.8 Å². The Kier molecular flexibility index (Phi) is 11.7. The molecule has 2 aliphatic heterocycles. The van der Waals surface area contributed by atoms with Gasteiger partial charge in [0.2, 0.25) is 23.5 Å². The first-order valence-corrected chi connectivity index (χ1v) is 18.3. The van der Waals surface area contributed by atoms with Gasteiger partial charge in [-0.25, -0.2) is 0 Å². The van der Waals surface area contributed by atoms with Crippen LogP contribution < -0.4 is 21.4 Å². The Morgan fingerprint density at radius 1 is 1.04 bits per heavy atom. The zero-order chi connectivity index (χ0) is 35.3. The summed E-state index contributed by atoms with van der Waals surface area (Å²) < 4.78 is 0. The molecule has 1 saturated heterocycles. The Morgan fingerprint density at radius 3 is 2.43 bits per heavy atom. The van der Waals surface area contributed by atoms with E-state index in [1.807, 2.05) is 45.9 Å². The summed E-state index contributed by atoms with van der Waals surface area (Å²) in [4.78, 5) is 75.6. The third kappa shape index (κ3) is 9.42. The molecule has 268 valence electrons. The van der Waals surface area contributed by atoms with Crippen molar-refractivity contribution >= 4 is 46.7 Å². The molecule has 0 aromatic heterocycles. The third-order valence-electron chi connectivity index (χ3n) is 10.1. The predicted molar refractivity (Wildman–Crippen MR) is 187 cm³/mol. The largest absolute Gasteiger partial charge is 0.349 e. The van der Waals surface area contributed by atoms with Crippen molar-refractivity contribution < 1.29 is 28.8 Å². The first-order chi connectivity index (χ1) is 23.3. The summed E-state index contributed by atoms with van der Waals surface area (Å²) in [5.41, 5.74) is 2.65. The number of halogens is 1. The standard InChI is InChI=1S/C37H52ClN5O6/c1-5-10-27(31(45)34(47)39-21-24-15-16-24)40-33(46)29-20-37(19-28(42-49-37)25-13-9-14-26(38)18-25)22-43(29)35(48)32(36(2,3)4)41-30(44)17-23-11-7-6-8-12-23/h9,13-14,18-19,23-24,27,29,32,42H,5-8,10-12,15-17,20-22H2,1-4H3,(H,39,47)(H,40,46)(H,41,44)/t27-,29-,32+,37+/m0/s1. The molecule has 4 N–H and O–H groups in total. The first-order valence-electron chi connectivity index (χ1n) is 17.9. The number of rotatable bonds is 13. The average Bonchev–Trinajstić information content (AvgIpc) is 3.69. The van der Waals surface area contributed by atoms with E-state index >= 15 is 0 Å². The molecule has 2 saturated carbocycles. The molecule has 2 heterocycles. The zero-order valence-electron chi connectivity index (χ0n) is 29.2. The molecule has 2 aliphatic carbocycles. The number of nitrogens with zero attached hydrogens (tertiary/aromatic N) is 1. The molecule has 11 nitrogen and oxygen atoms in total. The van der Waals surface area contributed by atoms with Gasteiger partial charge in [-0.05, 0) is 67.6 Å². The van der Waals surface area contributed by atoms with E-state index in [0.29, 0.717) is 41.9 Å². The van der Waals surface area contributed by atoms with E-state index in [-0.39, 0.29) is 25.3 Å². The lowest BCUT2D eigenvalue weighted by Gasteiger charge is -2.36. The molecule has 4 atom stereocenters. The Hall–Kier alpha value is -3.44. The van der Waals surface area contributed by atoms with Gasteiger partial charge in [0.05, 0.1) is 18.3 Å². The van der Waals surface area contributed by atoms with E-state index < -0.39 is 52.6 Å². The van der Waals surface area contributed by atoms with Gasteiger partial charge in [0, 0.05) is 30.0 Å². The van der Waals surface area contributed by atoms with E-state index in [1.54, 1.807) is 12.1 Å². The number of hydrogen-bond donors (Lipinski definition) is 4. The maximum atomic E-state index is 14.6. The Bertz CT molecular complexity index is 1450. The van der Waals surface area contributed by atoms with E-state index in [2.05, 4.69) is 21.4 Å². The van der Waals surface area contributed by atoms with Gasteiger partial charge in [-0.2, -0.15) is 0 Å². The molecular weight excluding hydrogens is 646 g/mol. The summed E-state index contributed by atoms with van der Waals surface area (Å²) in [6, 6.07) is 4.26. The normalized spacial score (nSPS) is 23.7. The van der Waals surface area contributed by atoms with Gasteiger partial charge in [0.15, 0.2) is 0 Å². The summed E-state index contributed by atoms with van der Waals surface area (Å²) in [6.45, 7) is 8.01. The van der Waals surface area contributed by atoms with Gasteiger partial charge >= 0.3 is 0 Å². The van der Waals surface area contributed by atoms with Crippen LogP contribution in [0.1, 0.15) is 104 Å². The number of benzene rings is 1. The minimum atomic E-state index is -1.07. The fraction of sp³-hybridized carbons (Fsp3) is 0.649. The molecule has 1 aromatic rings. The van der Waals surface area contributed by atoms with Crippen molar-refractivity contribution in [1.29, 1.82) is 0 Å². The molecule has 0 bridgehead atoms. The van der Waals surface area contributed by atoms with Crippen LogP contribution in [0.3, 0.4) is 0 Å². The van der Waals surface area contributed by atoms with Gasteiger partial charge in [-0.15, -0.1) is 0 Å². The molecule has 3 fully saturated rings. The van der Waals surface area contributed by atoms with Gasteiger partial charge in [-0.3, -0.25) is 34.3 Å². The number of nitrogens with one attached hydrogen (secondary N) is 4. The molecule has 0 unspecified atom stereocenters. The van der Waals surface area contributed by atoms with Crippen LogP contribution >= 0.6 is 11.6 Å². The van der Waals surface area contributed by atoms with Crippen molar-refractivity contribution in [3.8, 4) is 0 Å². The van der Waals surface area contributed by atoms with Crippen molar-refractivity contribution in [3.05, 3.63) is 40.9 Å². The number of likely N-dealkylation sites (tertiary alicyclic amines) is 1. The Labute approximate surface area is 294 Å². The Morgan fingerprint density at radius 2 is 1.78 bits per heavy atom. The van der Waals surface area contributed by atoms with Crippen molar-refractivity contribution in [2.75, 3.05) is 13.1 Å². The lowest BCUT2D eigenvalue weighted by atomic mass is 9.84. The summed E-state index contributed by atoms with van der Waals surface area (Å²) in [5.74, 6) is -1.87. The molecule has 0 radical (unpaired) electrons. The van der Waals surface area contributed by atoms with Crippen LogP contribution in [0, 0.1) is 17.3 Å². The second-order valence-electron chi connectivity index (χ2n) is 15.5. The van der Waals surface area contributed by atoms with Gasteiger partial charge in [0.25, 0.3) is 5.91 Å². The first kappa shape index (κ1) is 36.8. The number of ketones is 1. The van der Waals surface area contributed by atoms with Gasteiger partial charge in [0.1, 0.15) is 17.7 Å². The maximum absolute atomic E-state index is 14.6. The minimum absolute atomic E-state index is 0.0281. The van der Waals surface area contributed by atoms with Crippen molar-refractivity contribution in [3.63, 3.8) is 0 Å². The Balaban J connectivity index is 1.39. The zero-order valence-corrected chi connectivity index (χ0v) is 30.0. The lowest BCUT2D eigenvalue weighted by Crippen LogP contribution is -2.59. The van der Waals surface area contributed by atoms with Crippen LogP contribution in [0.4, 0.5) is 0 Å². The van der Waals surface area contributed by atoms with Crippen molar-refractivity contribution in [2.45, 2.75) is 122 Å². The van der Waals surface area contributed by atoms with E-state index in [0.717, 1.165) is 44.1 Å². The van der Waals surface area contributed by atoms with Crippen LogP contribution in [0.2, 0.25) is 5.02 Å². The van der Waals surface area contributed by atoms with Crippen molar-refractivity contribution in [1.82, 2.24) is 26.3 Å². The van der Waals surface area contributed by atoms with Crippen LogP contribution in [0.5, 0.6) is 0 Å². The third-order valence-corrected chi connectivity index (χ3v) is 10.4. The highest BCUT2D eigenvalue weighted by atomic mass is 35.5. The fourth-order valence-electron chi connectivity index (χ4n) is 7.14. The molecule has 5 rings (SSSR count). The quantitative estimate of drug-likeness (QED) is 0.223. The number of amides is 4. The number of Topliss-reactive ketones (excluding diaryl/α,β-unsaturated/α-hetero) is 1.